The quantitative estimate of drug-likeness (QED) is 0.612. The Balaban J connectivity index is 1.44. The van der Waals surface area contributed by atoms with E-state index in [1.807, 2.05) is 23.1 Å². The van der Waals surface area contributed by atoms with Gasteiger partial charge in [-0.05, 0) is 68.3 Å². The maximum absolute atomic E-state index is 13.5. The number of hydrogen-bond acceptors (Lipinski definition) is 2. The first-order chi connectivity index (χ1) is 14.6. The Labute approximate surface area is 182 Å². The van der Waals surface area contributed by atoms with Crippen molar-refractivity contribution in [1.29, 1.82) is 0 Å². The Hall–Kier alpha value is -2.56. The molecule has 2 aromatic carbocycles. The van der Waals surface area contributed by atoms with Gasteiger partial charge in [-0.15, -0.1) is 0 Å². The maximum atomic E-state index is 13.5. The SMILES string of the molecule is CN1[C@H]2CC[C@@H]1C=C(N(CCc1c[nH]c3ccccc13)C(=O)c1ccc(Cl)cc1)C2. The summed E-state index contributed by atoms with van der Waals surface area (Å²) in [7, 11) is 2.20. The third-order valence-corrected chi connectivity index (χ3v) is 6.94. The fourth-order valence-electron chi connectivity index (χ4n) is 4.91. The smallest absolute Gasteiger partial charge is 0.258 e. The number of aromatic amines is 1. The molecule has 4 nitrogen and oxygen atoms in total. The largest absolute Gasteiger partial charge is 0.361 e. The Bertz CT molecular complexity index is 1100. The lowest BCUT2D eigenvalue weighted by Gasteiger charge is -2.35. The number of aromatic nitrogens is 1. The molecular weight excluding hydrogens is 394 g/mol. The number of rotatable bonds is 5. The van der Waals surface area contributed by atoms with Crippen molar-refractivity contribution >= 4 is 28.4 Å². The van der Waals surface area contributed by atoms with Crippen LogP contribution in [0, 0.1) is 0 Å². The molecule has 0 spiro atoms. The molecule has 1 saturated heterocycles. The first-order valence-electron chi connectivity index (χ1n) is 10.7. The van der Waals surface area contributed by atoms with Crippen LogP contribution in [-0.4, -0.2) is 46.4 Å². The highest BCUT2D eigenvalue weighted by atomic mass is 35.5. The first-order valence-corrected chi connectivity index (χ1v) is 11.0. The number of nitrogens with one attached hydrogen (secondary N) is 1. The Morgan fingerprint density at radius 1 is 1.17 bits per heavy atom. The molecule has 30 heavy (non-hydrogen) atoms. The minimum absolute atomic E-state index is 0.0571. The number of halogens is 1. The molecule has 0 saturated carbocycles. The van der Waals surface area contributed by atoms with E-state index in [9.17, 15) is 4.79 Å². The van der Waals surface area contributed by atoms with E-state index in [0.29, 0.717) is 29.2 Å². The number of nitrogens with zero attached hydrogens (tertiary/aromatic N) is 2. The average Bonchev–Trinajstić information content (AvgIpc) is 3.24. The molecular formula is C25H26ClN3O. The van der Waals surface area contributed by atoms with Gasteiger partial charge >= 0.3 is 0 Å². The molecule has 3 heterocycles. The van der Waals surface area contributed by atoms with E-state index in [1.54, 1.807) is 12.1 Å². The number of hydrogen-bond donors (Lipinski definition) is 1. The molecule has 2 atom stereocenters. The normalized spacial score (nSPS) is 21.1. The van der Waals surface area contributed by atoms with E-state index < -0.39 is 0 Å². The average molecular weight is 420 g/mol. The molecule has 3 aromatic rings. The minimum atomic E-state index is 0.0571. The molecule has 2 aliphatic rings. The minimum Gasteiger partial charge on any atom is -0.361 e. The zero-order valence-corrected chi connectivity index (χ0v) is 17.9. The van der Waals surface area contributed by atoms with Crippen LogP contribution in [0.3, 0.4) is 0 Å². The predicted octanol–water partition coefficient (Wildman–Crippen LogP) is 5.26. The highest BCUT2D eigenvalue weighted by molar-refractivity contribution is 6.30. The summed E-state index contributed by atoms with van der Waals surface area (Å²) in [5, 5.41) is 1.88. The number of amides is 1. The summed E-state index contributed by atoms with van der Waals surface area (Å²) in [4.78, 5) is 21.3. The number of H-pyrrole nitrogens is 1. The fraction of sp³-hybridized carbons (Fsp3) is 0.320. The molecule has 0 aliphatic carbocycles. The van der Waals surface area contributed by atoms with E-state index in [4.69, 9.17) is 11.6 Å². The number of para-hydroxylation sites is 1. The van der Waals surface area contributed by atoms with Crippen LogP contribution >= 0.6 is 11.6 Å². The molecule has 0 radical (unpaired) electrons. The fourth-order valence-corrected chi connectivity index (χ4v) is 5.04. The second kappa shape index (κ2) is 7.93. The van der Waals surface area contributed by atoms with Gasteiger partial charge in [-0.25, -0.2) is 0 Å². The monoisotopic (exact) mass is 419 g/mol. The summed E-state index contributed by atoms with van der Waals surface area (Å²) >= 11 is 6.05. The van der Waals surface area contributed by atoms with Crippen LogP contribution in [-0.2, 0) is 6.42 Å². The van der Waals surface area contributed by atoms with Gasteiger partial charge in [0.25, 0.3) is 5.91 Å². The van der Waals surface area contributed by atoms with Gasteiger partial charge in [-0.2, -0.15) is 0 Å². The van der Waals surface area contributed by atoms with Crippen molar-refractivity contribution in [1.82, 2.24) is 14.8 Å². The number of fused-ring (bicyclic) bond motifs is 3. The highest BCUT2D eigenvalue weighted by Gasteiger charge is 2.36. The van der Waals surface area contributed by atoms with Crippen molar-refractivity contribution in [2.45, 2.75) is 37.8 Å². The van der Waals surface area contributed by atoms with Crippen LogP contribution < -0.4 is 0 Å². The summed E-state index contributed by atoms with van der Waals surface area (Å²) in [6.07, 6.45) is 8.50. The molecule has 0 unspecified atom stereocenters. The summed E-state index contributed by atoms with van der Waals surface area (Å²) in [6.45, 7) is 0.665. The van der Waals surface area contributed by atoms with Gasteiger partial charge < -0.3 is 9.88 Å². The second-order valence-corrected chi connectivity index (χ2v) is 8.84. The van der Waals surface area contributed by atoms with Gasteiger partial charge in [0.1, 0.15) is 0 Å². The maximum Gasteiger partial charge on any atom is 0.258 e. The zero-order chi connectivity index (χ0) is 20.7. The lowest BCUT2D eigenvalue weighted by Crippen LogP contribution is -2.41. The van der Waals surface area contributed by atoms with E-state index in [2.05, 4.69) is 47.4 Å². The van der Waals surface area contributed by atoms with Crippen LogP contribution in [0.15, 0.2) is 66.5 Å². The van der Waals surface area contributed by atoms with Crippen molar-refractivity contribution in [3.63, 3.8) is 0 Å². The van der Waals surface area contributed by atoms with Crippen molar-refractivity contribution in [2.24, 2.45) is 0 Å². The van der Waals surface area contributed by atoms with Gasteiger partial charge in [-0.1, -0.05) is 29.8 Å². The molecule has 5 heteroatoms. The predicted molar refractivity (Wildman–Crippen MR) is 122 cm³/mol. The van der Waals surface area contributed by atoms with Gasteiger partial charge in [-0.3, -0.25) is 9.69 Å². The molecule has 2 bridgehead atoms. The first kappa shape index (κ1) is 19.4. The molecule has 1 fully saturated rings. The zero-order valence-electron chi connectivity index (χ0n) is 17.1. The van der Waals surface area contributed by atoms with Gasteiger partial charge in [0.05, 0.1) is 0 Å². The number of carbonyl (C=O) groups excluding carboxylic acids is 1. The van der Waals surface area contributed by atoms with Gasteiger partial charge in [0.2, 0.25) is 0 Å². The van der Waals surface area contributed by atoms with Crippen LogP contribution in [0.2, 0.25) is 5.02 Å². The lowest BCUT2D eigenvalue weighted by molar-refractivity contribution is 0.0788. The molecule has 154 valence electrons. The molecule has 1 aromatic heterocycles. The Morgan fingerprint density at radius 3 is 2.77 bits per heavy atom. The van der Waals surface area contributed by atoms with Crippen LogP contribution in [0.25, 0.3) is 10.9 Å². The number of benzene rings is 2. The van der Waals surface area contributed by atoms with Crippen LogP contribution in [0.5, 0.6) is 0 Å². The third kappa shape index (κ3) is 3.55. The molecule has 2 aliphatic heterocycles. The highest BCUT2D eigenvalue weighted by Crippen LogP contribution is 2.35. The second-order valence-electron chi connectivity index (χ2n) is 8.40. The number of carbonyl (C=O) groups is 1. The summed E-state index contributed by atoms with van der Waals surface area (Å²) in [6, 6.07) is 16.5. The topological polar surface area (TPSA) is 39.3 Å². The third-order valence-electron chi connectivity index (χ3n) is 6.69. The molecule has 1 N–H and O–H groups in total. The lowest BCUT2D eigenvalue weighted by atomic mass is 10.0. The van der Waals surface area contributed by atoms with Crippen molar-refractivity contribution in [2.75, 3.05) is 13.6 Å². The van der Waals surface area contributed by atoms with Crippen LogP contribution in [0.4, 0.5) is 0 Å². The van der Waals surface area contributed by atoms with E-state index >= 15 is 0 Å². The molecule has 5 rings (SSSR count). The van der Waals surface area contributed by atoms with Crippen molar-refractivity contribution < 1.29 is 4.79 Å². The summed E-state index contributed by atoms with van der Waals surface area (Å²) in [5.41, 5.74) is 4.24. The summed E-state index contributed by atoms with van der Waals surface area (Å²) < 4.78 is 0. The Morgan fingerprint density at radius 2 is 1.97 bits per heavy atom. The molecule has 1 amide bonds. The number of likely N-dealkylation sites (N-methyl/N-ethyl adjacent to an activating group) is 1. The summed E-state index contributed by atoms with van der Waals surface area (Å²) in [5.74, 6) is 0.0571. The van der Waals surface area contributed by atoms with Crippen molar-refractivity contribution in [3.8, 4) is 0 Å². The van der Waals surface area contributed by atoms with Crippen LogP contribution in [0.1, 0.15) is 35.2 Å². The van der Waals surface area contributed by atoms with Gasteiger partial charge in [0.15, 0.2) is 0 Å². The van der Waals surface area contributed by atoms with E-state index in [0.717, 1.165) is 18.4 Å². The standard InChI is InChI=1S/C25H26ClN3O/c1-28-20-10-11-21(28)15-22(14-20)29(25(30)17-6-8-19(26)9-7-17)13-12-18-16-27-24-5-3-2-4-23(18)24/h2-9,14,16,20-21,27H,10-13,15H2,1H3/t20-,21+/m1/s1. The van der Waals surface area contributed by atoms with Crippen molar-refractivity contribution in [3.05, 3.63) is 82.7 Å². The van der Waals surface area contributed by atoms with Gasteiger partial charge in [0, 0.05) is 58.4 Å². The van der Waals surface area contributed by atoms with E-state index in [1.165, 1.54) is 29.5 Å². The Kier molecular flexibility index (Phi) is 5.13. The van der Waals surface area contributed by atoms with E-state index in [-0.39, 0.29) is 5.91 Å².